The van der Waals surface area contributed by atoms with E-state index in [0.717, 1.165) is 5.57 Å². The Balaban J connectivity index is 2.95. The van der Waals surface area contributed by atoms with Gasteiger partial charge in [-0.15, -0.1) is 0 Å². The van der Waals surface area contributed by atoms with Crippen LogP contribution in [-0.4, -0.2) is 16.9 Å². The highest BCUT2D eigenvalue weighted by atomic mass is 16.4. The van der Waals surface area contributed by atoms with Crippen LogP contribution in [0.2, 0.25) is 0 Å². The molecular formula is C15H20O3. The van der Waals surface area contributed by atoms with E-state index >= 15 is 0 Å². The Morgan fingerprint density at radius 3 is 2.61 bits per heavy atom. The lowest BCUT2D eigenvalue weighted by atomic mass is 9.68. The van der Waals surface area contributed by atoms with Crippen LogP contribution in [0.1, 0.15) is 34.1 Å². The molecule has 0 amide bonds. The maximum Gasteiger partial charge on any atom is 0.328 e. The summed E-state index contributed by atoms with van der Waals surface area (Å²) in [5.74, 6) is -0.602. The molecule has 1 N–H and O–H groups in total. The van der Waals surface area contributed by atoms with Gasteiger partial charge in [-0.3, -0.25) is 4.79 Å². The summed E-state index contributed by atoms with van der Waals surface area (Å²) in [7, 11) is 0. The zero-order valence-electron chi connectivity index (χ0n) is 11.4. The summed E-state index contributed by atoms with van der Waals surface area (Å²) >= 11 is 0. The van der Waals surface area contributed by atoms with E-state index in [2.05, 4.69) is 13.8 Å². The van der Waals surface area contributed by atoms with E-state index in [9.17, 15) is 9.59 Å². The molecule has 1 aliphatic carbocycles. The first-order chi connectivity index (χ1) is 8.22. The lowest BCUT2D eigenvalue weighted by Crippen LogP contribution is -2.30. The maximum atomic E-state index is 11.5. The van der Waals surface area contributed by atoms with Gasteiger partial charge in [0.1, 0.15) is 0 Å². The number of hydrogen-bond donors (Lipinski definition) is 1. The van der Waals surface area contributed by atoms with Gasteiger partial charge >= 0.3 is 5.97 Å². The van der Waals surface area contributed by atoms with Crippen molar-refractivity contribution < 1.29 is 14.7 Å². The van der Waals surface area contributed by atoms with Crippen LogP contribution in [0.15, 0.2) is 35.5 Å². The van der Waals surface area contributed by atoms with E-state index in [0.29, 0.717) is 12.0 Å². The summed E-state index contributed by atoms with van der Waals surface area (Å²) < 4.78 is 0. The standard InChI is InChI=1S/C15H20O3/c1-10(7-14(17)18)5-6-13-11(2)8-12(16)9-15(13,3)4/h5-8,13H,9H2,1-4H3,(H,17,18)/b6-5+,10-7+/t13-/m0/s1. The highest BCUT2D eigenvalue weighted by Crippen LogP contribution is 2.40. The first-order valence-corrected chi connectivity index (χ1v) is 6.03. The molecule has 0 saturated heterocycles. The zero-order chi connectivity index (χ0) is 13.9. The monoisotopic (exact) mass is 248 g/mol. The van der Waals surface area contributed by atoms with Gasteiger partial charge in [0.2, 0.25) is 0 Å². The number of carbonyl (C=O) groups is 2. The fourth-order valence-corrected chi connectivity index (χ4v) is 2.47. The third-order valence-electron chi connectivity index (χ3n) is 3.25. The first kappa shape index (κ1) is 14.4. The van der Waals surface area contributed by atoms with Gasteiger partial charge in [0.25, 0.3) is 0 Å². The molecule has 98 valence electrons. The van der Waals surface area contributed by atoms with Gasteiger partial charge in [-0.25, -0.2) is 4.79 Å². The molecule has 18 heavy (non-hydrogen) atoms. The van der Waals surface area contributed by atoms with Crippen LogP contribution in [0, 0.1) is 11.3 Å². The van der Waals surface area contributed by atoms with E-state index < -0.39 is 5.97 Å². The van der Waals surface area contributed by atoms with Crippen molar-refractivity contribution >= 4 is 11.8 Å². The molecule has 0 aromatic carbocycles. The minimum Gasteiger partial charge on any atom is -0.478 e. The van der Waals surface area contributed by atoms with E-state index in [1.165, 1.54) is 6.08 Å². The van der Waals surface area contributed by atoms with Crippen LogP contribution in [0.4, 0.5) is 0 Å². The highest BCUT2D eigenvalue weighted by Gasteiger charge is 2.34. The second-order valence-electron chi connectivity index (χ2n) is 5.58. The van der Waals surface area contributed by atoms with Crippen LogP contribution < -0.4 is 0 Å². The Morgan fingerprint density at radius 2 is 2.11 bits per heavy atom. The lowest BCUT2D eigenvalue weighted by molar-refractivity contribution is -0.131. The molecule has 0 aromatic heterocycles. The fourth-order valence-electron chi connectivity index (χ4n) is 2.47. The highest BCUT2D eigenvalue weighted by molar-refractivity contribution is 5.92. The van der Waals surface area contributed by atoms with Crippen LogP contribution in [0.3, 0.4) is 0 Å². The van der Waals surface area contributed by atoms with Gasteiger partial charge in [0, 0.05) is 18.4 Å². The van der Waals surface area contributed by atoms with Crippen molar-refractivity contribution in [1.29, 1.82) is 0 Å². The normalized spacial score (nSPS) is 24.2. The van der Waals surface area contributed by atoms with E-state index in [1.54, 1.807) is 13.0 Å². The summed E-state index contributed by atoms with van der Waals surface area (Å²) in [4.78, 5) is 22.1. The number of ketones is 1. The molecule has 0 spiro atoms. The Morgan fingerprint density at radius 1 is 1.50 bits per heavy atom. The smallest absolute Gasteiger partial charge is 0.328 e. The van der Waals surface area contributed by atoms with Crippen molar-refractivity contribution in [3.05, 3.63) is 35.5 Å². The minimum absolute atomic E-state index is 0.115. The summed E-state index contributed by atoms with van der Waals surface area (Å²) in [6, 6.07) is 0. The molecule has 0 fully saturated rings. The Hall–Kier alpha value is -1.64. The number of rotatable bonds is 3. The quantitative estimate of drug-likeness (QED) is 0.616. The van der Waals surface area contributed by atoms with E-state index in [1.807, 2.05) is 19.1 Å². The van der Waals surface area contributed by atoms with Crippen LogP contribution in [-0.2, 0) is 9.59 Å². The summed E-state index contributed by atoms with van der Waals surface area (Å²) in [5.41, 5.74) is 1.62. The zero-order valence-corrected chi connectivity index (χ0v) is 11.4. The minimum atomic E-state index is -0.942. The van der Waals surface area contributed by atoms with Crippen molar-refractivity contribution in [3.63, 3.8) is 0 Å². The van der Waals surface area contributed by atoms with Gasteiger partial charge in [-0.1, -0.05) is 31.6 Å². The fraction of sp³-hybridized carbons (Fsp3) is 0.467. The predicted octanol–water partition coefficient (Wildman–Crippen LogP) is 3.14. The molecule has 0 aliphatic heterocycles. The van der Waals surface area contributed by atoms with Crippen molar-refractivity contribution in [2.75, 3.05) is 0 Å². The molecule has 0 bridgehead atoms. The van der Waals surface area contributed by atoms with Crippen LogP contribution >= 0.6 is 0 Å². The number of aliphatic carboxylic acids is 1. The molecule has 0 saturated carbocycles. The molecule has 0 heterocycles. The molecule has 3 nitrogen and oxygen atoms in total. The predicted molar refractivity (Wildman–Crippen MR) is 71.2 cm³/mol. The lowest BCUT2D eigenvalue weighted by Gasteiger charge is -2.35. The average molecular weight is 248 g/mol. The Labute approximate surface area is 108 Å². The van der Waals surface area contributed by atoms with Gasteiger partial charge in [0.05, 0.1) is 0 Å². The number of allylic oxidation sites excluding steroid dienone is 5. The molecular weight excluding hydrogens is 228 g/mol. The molecule has 3 heteroatoms. The summed E-state index contributed by atoms with van der Waals surface area (Å²) in [5, 5.41) is 8.64. The average Bonchev–Trinajstić information content (AvgIpc) is 2.12. The first-order valence-electron chi connectivity index (χ1n) is 6.03. The van der Waals surface area contributed by atoms with Gasteiger partial charge < -0.3 is 5.11 Å². The van der Waals surface area contributed by atoms with Crippen LogP contribution in [0.25, 0.3) is 0 Å². The molecule has 1 atom stereocenters. The van der Waals surface area contributed by atoms with Crippen LogP contribution in [0.5, 0.6) is 0 Å². The van der Waals surface area contributed by atoms with Crippen molar-refractivity contribution in [2.24, 2.45) is 11.3 Å². The number of carboxylic acids is 1. The Kier molecular flexibility index (Phi) is 4.28. The maximum absolute atomic E-state index is 11.5. The van der Waals surface area contributed by atoms with Gasteiger partial charge in [-0.05, 0) is 30.9 Å². The second kappa shape index (κ2) is 5.34. The van der Waals surface area contributed by atoms with E-state index in [-0.39, 0.29) is 17.1 Å². The molecule has 1 aliphatic rings. The summed E-state index contributed by atoms with van der Waals surface area (Å²) in [6.07, 6.45) is 7.20. The third-order valence-corrected chi connectivity index (χ3v) is 3.25. The van der Waals surface area contributed by atoms with Crippen molar-refractivity contribution in [2.45, 2.75) is 34.1 Å². The molecule has 0 radical (unpaired) electrons. The van der Waals surface area contributed by atoms with Gasteiger partial charge in [0.15, 0.2) is 5.78 Å². The molecule has 1 rings (SSSR count). The number of carboxylic acid groups (broad SMARTS) is 1. The number of hydrogen-bond acceptors (Lipinski definition) is 2. The molecule has 0 unspecified atom stereocenters. The van der Waals surface area contributed by atoms with Gasteiger partial charge in [-0.2, -0.15) is 0 Å². The second-order valence-corrected chi connectivity index (χ2v) is 5.58. The third kappa shape index (κ3) is 3.69. The molecule has 0 aromatic rings. The summed E-state index contributed by atoms with van der Waals surface area (Å²) in [6.45, 7) is 7.83. The Bertz CT molecular complexity index is 450. The number of carbonyl (C=O) groups excluding carboxylic acids is 1. The topological polar surface area (TPSA) is 54.4 Å². The van der Waals surface area contributed by atoms with Crippen molar-refractivity contribution in [3.8, 4) is 0 Å². The van der Waals surface area contributed by atoms with Crippen molar-refractivity contribution in [1.82, 2.24) is 0 Å². The van der Waals surface area contributed by atoms with E-state index in [4.69, 9.17) is 5.11 Å². The SMILES string of the molecule is CC1=CC(=O)CC(C)(C)[C@H]1/C=C/C(C)=C/C(=O)O. The largest absolute Gasteiger partial charge is 0.478 e.